The monoisotopic (exact) mass is 418 g/mol. The van der Waals surface area contributed by atoms with Gasteiger partial charge in [-0.1, -0.05) is 6.07 Å². The quantitative estimate of drug-likeness (QED) is 0.776. The molecule has 0 saturated carbocycles. The van der Waals surface area contributed by atoms with Gasteiger partial charge in [0.1, 0.15) is 12.2 Å². The molecule has 0 saturated heterocycles. The molecule has 10 heteroatoms. The number of hydrogen-bond donors (Lipinski definition) is 2. The van der Waals surface area contributed by atoms with Crippen LogP contribution in [0, 0.1) is 0 Å². The third kappa shape index (κ3) is 2.89. The molecule has 0 radical (unpaired) electrons. The number of carbonyl (C=O) groups is 1. The van der Waals surface area contributed by atoms with Gasteiger partial charge in [0.2, 0.25) is 5.88 Å². The molecule has 2 aromatic rings. The molecule has 3 aliphatic rings. The highest BCUT2D eigenvalue weighted by molar-refractivity contribution is 7.90. The molecule has 2 heterocycles. The summed E-state index contributed by atoms with van der Waals surface area (Å²) in [6.45, 7) is 2.39. The number of methoxy groups -OCH3 is 1. The zero-order valence-corrected chi connectivity index (χ0v) is 17.1. The summed E-state index contributed by atoms with van der Waals surface area (Å²) < 4.78 is 40.1. The third-order valence-corrected chi connectivity index (χ3v) is 7.34. The van der Waals surface area contributed by atoms with Gasteiger partial charge < -0.3 is 14.8 Å². The maximum atomic E-state index is 12.8. The topological polar surface area (TPSA) is 112 Å². The Bertz CT molecular complexity index is 1110. The largest absolute Gasteiger partial charge is 0.474 e. The number of amides is 2. The van der Waals surface area contributed by atoms with E-state index in [9.17, 15) is 13.2 Å². The number of ether oxygens (including phenoxy) is 2. The second-order valence-electron chi connectivity index (χ2n) is 8.00. The van der Waals surface area contributed by atoms with Crippen molar-refractivity contribution in [2.75, 3.05) is 19.0 Å². The lowest BCUT2D eigenvalue weighted by Gasteiger charge is -2.32. The number of nitrogens with zero attached hydrogens (tertiary/aromatic N) is 2. The van der Waals surface area contributed by atoms with Crippen LogP contribution in [-0.4, -0.2) is 43.5 Å². The van der Waals surface area contributed by atoms with Crippen molar-refractivity contribution in [2.45, 2.75) is 49.6 Å². The summed E-state index contributed by atoms with van der Waals surface area (Å²) in [5, 5.41) is 6.85. The van der Waals surface area contributed by atoms with E-state index in [0.29, 0.717) is 6.54 Å². The normalized spacial score (nSPS) is 21.6. The zero-order chi connectivity index (χ0) is 20.4. The van der Waals surface area contributed by atoms with Gasteiger partial charge in [0.25, 0.3) is 10.0 Å². The predicted molar refractivity (Wildman–Crippen MR) is 104 cm³/mol. The van der Waals surface area contributed by atoms with Crippen molar-refractivity contribution in [3.8, 4) is 5.88 Å². The summed E-state index contributed by atoms with van der Waals surface area (Å²) in [5.41, 5.74) is 4.87. The first-order valence-electron chi connectivity index (χ1n) is 9.54. The van der Waals surface area contributed by atoms with Gasteiger partial charge in [-0.15, -0.1) is 0 Å². The van der Waals surface area contributed by atoms with Crippen LogP contribution < -0.4 is 14.8 Å². The van der Waals surface area contributed by atoms with Crippen LogP contribution in [0.4, 0.5) is 10.5 Å². The highest BCUT2D eigenvalue weighted by Crippen LogP contribution is 2.40. The second kappa shape index (κ2) is 6.20. The molecule has 2 N–H and O–H groups in total. The number of anilines is 1. The molecule has 0 spiro atoms. The fourth-order valence-corrected chi connectivity index (χ4v) is 5.03. The maximum absolute atomic E-state index is 12.8. The van der Waals surface area contributed by atoms with Gasteiger partial charge >= 0.3 is 6.03 Å². The smallest absolute Gasteiger partial charge is 0.333 e. The summed E-state index contributed by atoms with van der Waals surface area (Å²) in [7, 11) is -2.58. The van der Waals surface area contributed by atoms with Crippen molar-refractivity contribution >= 4 is 21.7 Å². The molecule has 9 nitrogen and oxygen atoms in total. The number of aryl methyl sites for hydroxylation is 2. The number of urea groups is 1. The van der Waals surface area contributed by atoms with Crippen molar-refractivity contribution in [1.29, 1.82) is 0 Å². The molecule has 154 valence electrons. The van der Waals surface area contributed by atoms with Gasteiger partial charge in [0, 0.05) is 12.8 Å². The van der Waals surface area contributed by atoms with Gasteiger partial charge in [0.15, 0.2) is 4.90 Å². The first kappa shape index (κ1) is 18.4. The molecular formula is C19H22N4O5S. The van der Waals surface area contributed by atoms with Crippen molar-refractivity contribution in [3.63, 3.8) is 0 Å². The molecule has 1 aliphatic heterocycles. The van der Waals surface area contributed by atoms with Crippen LogP contribution in [-0.2, 0) is 47.0 Å². The van der Waals surface area contributed by atoms with Crippen molar-refractivity contribution in [1.82, 2.24) is 14.5 Å². The molecule has 5 rings (SSSR count). The number of benzene rings is 1. The highest BCUT2D eigenvalue weighted by atomic mass is 32.2. The van der Waals surface area contributed by atoms with Gasteiger partial charge in [0.05, 0.1) is 12.7 Å². The van der Waals surface area contributed by atoms with E-state index < -0.39 is 21.7 Å². The van der Waals surface area contributed by atoms with Crippen LogP contribution in [0.15, 0.2) is 17.2 Å². The number of rotatable bonds is 4. The van der Waals surface area contributed by atoms with E-state index in [0.717, 1.165) is 42.5 Å². The second-order valence-corrected chi connectivity index (χ2v) is 9.65. The van der Waals surface area contributed by atoms with E-state index in [1.54, 1.807) is 7.11 Å². The van der Waals surface area contributed by atoms with Gasteiger partial charge in [-0.2, -0.15) is 5.10 Å². The van der Waals surface area contributed by atoms with E-state index in [1.807, 2.05) is 6.92 Å². The van der Waals surface area contributed by atoms with Gasteiger partial charge in [-0.05, 0) is 54.9 Å². The number of hydrogen-bond acceptors (Lipinski definition) is 6. The first-order chi connectivity index (χ1) is 13.8. The maximum Gasteiger partial charge on any atom is 0.333 e. The molecule has 2 aliphatic carbocycles. The van der Waals surface area contributed by atoms with Gasteiger partial charge in [-0.25, -0.2) is 22.6 Å². The average Bonchev–Trinajstić information content (AvgIpc) is 3.02. The summed E-state index contributed by atoms with van der Waals surface area (Å²) in [5.74, 6) is 0.104. The minimum atomic E-state index is -4.14. The molecule has 0 fully saturated rings. The third-order valence-electron chi connectivity index (χ3n) is 6.02. The molecule has 1 aromatic carbocycles. The minimum absolute atomic E-state index is 0.104. The van der Waals surface area contributed by atoms with Crippen LogP contribution in [0.25, 0.3) is 0 Å². The van der Waals surface area contributed by atoms with Crippen LogP contribution in [0.2, 0.25) is 0 Å². The first-order valence-corrected chi connectivity index (χ1v) is 11.0. The molecule has 1 atom stereocenters. The number of carbonyl (C=O) groups excluding carboxylic acids is 1. The average molecular weight is 418 g/mol. The highest BCUT2D eigenvalue weighted by Gasteiger charge is 2.37. The Labute approximate surface area is 168 Å². The Balaban J connectivity index is 1.36. The molecule has 1 aromatic heterocycles. The Morgan fingerprint density at radius 3 is 2.52 bits per heavy atom. The molecule has 2 amide bonds. The Hall–Kier alpha value is -2.59. The van der Waals surface area contributed by atoms with Crippen molar-refractivity contribution in [2.24, 2.45) is 0 Å². The molecular weight excluding hydrogens is 396 g/mol. The van der Waals surface area contributed by atoms with Crippen molar-refractivity contribution < 1.29 is 22.7 Å². The number of fused-ring (bicyclic) bond motifs is 3. The number of aromatic nitrogens is 2. The Morgan fingerprint density at radius 2 is 1.93 bits per heavy atom. The van der Waals surface area contributed by atoms with Crippen molar-refractivity contribution in [3.05, 3.63) is 34.5 Å². The molecule has 1 unspecified atom stereocenters. The molecule has 0 bridgehead atoms. The van der Waals surface area contributed by atoms with E-state index in [1.165, 1.54) is 22.0 Å². The zero-order valence-electron chi connectivity index (χ0n) is 16.2. The summed E-state index contributed by atoms with van der Waals surface area (Å²) >= 11 is 0. The summed E-state index contributed by atoms with van der Waals surface area (Å²) in [6.07, 6.45) is 4.98. The Morgan fingerprint density at radius 1 is 1.24 bits per heavy atom. The van der Waals surface area contributed by atoms with E-state index >= 15 is 0 Å². The van der Waals surface area contributed by atoms with Gasteiger partial charge in [-0.3, -0.25) is 0 Å². The lowest BCUT2D eigenvalue weighted by molar-refractivity contribution is -0.0654. The van der Waals surface area contributed by atoms with E-state index in [-0.39, 0.29) is 17.4 Å². The fraction of sp³-hybridized carbons (Fsp3) is 0.474. The predicted octanol–water partition coefficient (Wildman–Crippen LogP) is 1.39. The number of nitrogens with one attached hydrogen (secondary N) is 2. The van der Waals surface area contributed by atoms with Crippen LogP contribution >= 0.6 is 0 Å². The standard InChI is InChI=1S/C19H22N4O5S/c1-19(27-2)9-23-17(28-10-19)15(8-20-23)29(25,26)22-18(24)21-16-13-5-3-11(13)7-12-4-6-14(12)16/h7-8H,3-6,9-10H2,1-2H3,(H2,21,22,24). The SMILES string of the molecule is COC1(C)COc2c(S(=O)(=O)NC(=O)Nc3c4c(cc5c3CC5)CC4)cnn2C1. The lowest BCUT2D eigenvalue weighted by Crippen LogP contribution is -2.44. The van der Waals surface area contributed by atoms with Crippen LogP contribution in [0.3, 0.4) is 0 Å². The van der Waals surface area contributed by atoms with Crippen LogP contribution in [0.5, 0.6) is 5.88 Å². The van der Waals surface area contributed by atoms with E-state index in [2.05, 4.69) is 21.2 Å². The minimum Gasteiger partial charge on any atom is -0.474 e. The number of sulfonamides is 1. The Kier molecular flexibility index (Phi) is 3.94. The van der Waals surface area contributed by atoms with E-state index in [4.69, 9.17) is 9.47 Å². The summed E-state index contributed by atoms with van der Waals surface area (Å²) in [4.78, 5) is 12.4. The summed E-state index contributed by atoms with van der Waals surface area (Å²) in [6, 6.07) is 1.42. The fourth-order valence-electron chi connectivity index (χ4n) is 4.04. The molecule has 29 heavy (non-hydrogen) atoms. The lowest BCUT2D eigenvalue weighted by atomic mass is 9.76. The van der Waals surface area contributed by atoms with Crippen LogP contribution in [0.1, 0.15) is 29.2 Å².